The number of hydrogen-bond acceptors (Lipinski definition) is 4. The number of rotatable bonds is 8. The van der Waals surface area contributed by atoms with E-state index in [1.54, 1.807) is 36.3 Å². The highest BCUT2D eigenvalue weighted by molar-refractivity contribution is 6.42. The highest BCUT2D eigenvalue weighted by Crippen LogP contribution is 2.23. The quantitative estimate of drug-likeness (QED) is 0.524. The molecule has 0 saturated carbocycles. The van der Waals surface area contributed by atoms with Crippen molar-refractivity contribution in [1.82, 2.24) is 15.1 Å². The number of methoxy groups -OCH3 is 1. The topological polar surface area (TPSA) is 61.9 Å². The number of carbonyl (C=O) groups excluding carboxylic acids is 2. The number of ether oxygens (including phenoxy) is 1. The van der Waals surface area contributed by atoms with Gasteiger partial charge >= 0.3 is 0 Å². The summed E-state index contributed by atoms with van der Waals surface area (Å²) in [6, 6.07) is 5.23. The third-order valence-corrected chi connectivity index (χ3v) is 5.00. The Morgan fingerprint density at radius 1 is 1.19 bits per heavy atom. The Kier molecular flexibility index (Phi) is 9.07. The van der Waals surface area contributed by atoms with Gasteiger partial charge in [-0.25, -0.2) is 0 Å². The van der Waals surface area contributed by atoms with Gasteiger partial charge in [0.2, 0.25) is 11.8 Å². The molecule has 27 heavy (non-hydrogen) atoms. The van der Waals surface area contributed by atoms with E-state index >= 15 is 0 Å². The summed E-state index contributed by atoms with van der Waals surface area (Å²) in [6.45, 7) is 4.16. The largest absolute Gasteiger partial charge is 0.385 e. The molecule has 6 nitrogen and oxygen atoms in total. The lowest BCUT2D eigenvalue weighted by Crippen LogP contribution is -2.50. The van der Waals surface area contributed by atoms with E-state index in [4.69, 9.17) is 27.9 Å². The molecule has 8 heteroatoms. The number of piperazine rings is 1. The molecule has 1 fully saturated rings. The number of benzene rings is 1. The summed E-state index contributed by atoms with van der Waals surface area (Å²) in [6.07, 6.45) is 4.07. The van der Waals surface area contributed by atoms with Gasteiger partial charge in [0.25, 0.3) is 0 Å². The van der Waals surface area contributed by atoms with Gasteiger partial charge in [0.1, 0.15) is 0 Å². The van der Waals surface area contributed by atoms with E-state index in [0.29, 0.717) is 55.9 Å². The molecule has 0 aliphatic carbocycles. The normalized spacial score (nSPS) is 15.3. The Labute approximate surface area is 170 Å². The van der Waals surface area contributed by atoms with Crippen LogP contribution in [0.2, 0.25) is 10.0 Å². The summed E-state index contributed by atoms with van der Waals surface area (Å²) in [5.41, 5.74) is 0.821. The molecule has 1 saturated heterocycles. The van der Waals surface area contributed by atoms with Crippen molar-refractivity contribution in [2.75, 3.05) is 53.0 Å². The minimum absolute atomic E-state index is 0.00499. The average Bonchev–Trinajstić information content (AvgIpc) is 2.66. The maximum Gasteiger partial charge on any atom is 0.246 e. The second-order valence-corrected chi connectivity index (χ2v) is 7.12. The molecule has 0 aromatic heterocycles. The lowest BCUT2D eigenvalue weighted by Gasteiger charge is -2.33. The molecule has 1 heterocycles. The zero-order chi connectivity index (χ0) is 19.6. The monoisotopic (exact) mass is 413 g/mol. The van der Waals surface area contributed by atoms with Crippen molar-refractivity contribution in [3.8, 4) is 0 Å². The highest BCUT2D eigenvalue weighted by Gasteiger charge is 2.21. The number of nitrogens with one attached hydrogen (secondary N) is 1. The molecule has 0 bridgehead atoms. The molecular weight excluding hydrogens is 389 g/mol. The molecular formula is C19H25Cl2N3O3. The first kappa shape index (κ1) is 21.7. The first-order chi connectivity index (χ1) is 13.0. The van der Waals surface area contributed by atoms with Crippen molar-refractivity contribution < 1.29 is 14.3 Å². The molecule has 0 spiro atoms. The average molecular weight is 414 g/mol. The Morgan fingerprint density at radius 2 is 1.93 bits per heavy atom. The summed E-state index contributed by atoms with van der Waals surface area (Å²) in [5, 5.41) is 3.82. The molecule has 1 aliphatic heterocycles. The molecule has 0 radical (unpaired) electrons. The van der Waals surface area contributed by atoms with Crippen LogP contribution in [-0.2, 0) is 14.3 Å². The van der Waals surface area contributed by atoms with Gasteiger partial charge in [-0.1, -0.05) is 29.3 Å². The number of hydrogen-bond donors (Lipinski definition) is 1. The fourth-order valence-electron chi connectivity index (χ4n) is 2.72. The minimum Gasteiger partial charge on any atom is -0.385 e. The number of carbonyl (C=O) groups is 2. The van der Waals surface area contributed by atoms with Gasteiger partial charge in [0, 0.05) is 52.5 Å². The number of halogens is 2. The van der Waals surface area contributed by atoms with E-state index in [1.807, 2.05) is 0 Å². The van der Waals surface area contributed by atoms with Crippen molar-refractivity contribution in [1.29, 1.82) is 0 Å². The molecule has 2 rings (SSSR count). The van der Waals surface area contributed by atoms with Crippen molar-refractivity contribution in [2.45, 2.75) is 6.42 Å². The predicted octanol–water partition coefficient (Wildman–Crippen LogP) is 2.30. The molecule has 0 atom stereocenters. The summed E-state index contributed by atoms with van der Waals surface area (Å²) in [4.78, 5) is 28.1. The van der Waals surface area contributed by atoms with E-state index in [1.165, 1.54) is 6.08 Å². The van der Waals surface area contributed by atoms with Gasteiger partial charge in [0.05, 0.1) is 16.6 Å². The van der Waals surface area contributed by atoms with Gasteiger partial charge in [-0.15, -0.1) is 0 Å². The minimum atomic E-state index is -0.0512. The fraction of sp³-hybridized carbons (Fsp3) is 0.474. The third kappa shape index (κ3) is 7.50. The van der Waals surface area contributed by atoms with Crippen LogP contribution in [0.5, 0.6) is 0 Å². The van der Waals surface area contributed by atoms with Crippen LogP contribution in [0.4, 0.5) is 0 Å². The number of amides is 2. The highest BCUT2D eigenvalue weighted by atomic mass is 35.5. The summed E-state index contributed by atoms with van der Waals surface area (Å²) >= 11 is 11.9. The van der Waals surface area contributed by atoms with Crippen molar-refractivity contribution in [3.05, 3.63) is 39.9 Å². The van der Waals surface area contributed by atoms with Crippen LogP contribution in [0.25, 0.3) is 6.08 Å². The van der Waals surface area contributed by atoms with Crippen LogP contribution in [0.15, 0.2) is 24.3 Å². The number of nitrogens with zero attached hydrogens (tertiary/aromatic N) is 2. The molecule has 1 aromatic carbocycles. The standard InChI is InChI=1S/C19H25Cl2N3O3/c1-27-12-2-7-22-18(25)14-23-8-10-24(11-9-23)19(26)6-4-15-3-5-16(20)17(21)13-15/h3-6,13H,2,7-12,14H2,1H3,(H,22,25)/b6-4+. The van der Waals surface area contributed by atoms with E-state index in [0.717, 1.165) is 12.0 Å². The van der Waals surface area contributed by atoms with E-state index in [9.17, 15) is 9.59 Å². The summed E-state index contributed by atoms with van der Waals surface area (Å²) < 4.78 is 4.95. The van der Waals surface area contributed by atoms with Crippen molar-refractivity contribution >= 4 is 41.1 Å². The smallest absolute Gasteiger partial charge is 0.246 e. The van der Waals surface area contributed by atoms with Crippen LogP contribution in [0.3, 0.4) is 0 Å². The Balaban J connectivity index is 1.72. The van der Waals surface area contributed by atoms with Crippen LogP contribution in [0, 0.1) is 0 Å². The SMILES string of the molecule is COCCCNC(=O)CN1CCN(C(=O)/C=C/c2ccc(Cl)c(Cl)c2)CC1. The molecule has 1 N–H and O–H groups in total. The first-order valence-corrected chi connectivity index (χ1v) is 9.65. The second-order valence-electron chi connectivity index (χ2n) is 6.30. The fourth-order valence-corrected chi connectivity index (χ4v) is 3.03. The molecule has 2 amide bonds. The van der Waals surface area contributed by atoms with Gasteiger partial charge in [0.15, 0.2) is 0 Å². The molecule has 1 aromatic rings. The van der Waals surface area contributed by atoms with Crippen molar-refractivity contribution in [2.24, 2.45) is 0 Å². The first-order valence-electron chi connectivity index (χ1n) is 8.89. The van der Waals surface area contributed by atoms with Gasteiger partial charge < -0.3 is 15.0 Å². The molecule has 1 aliphatic rings. The lowest BCUT2D eigenvalue weighted by molar-refractivity contribution is -0.128. The maximum atomic E-state index is 12.3. The van der Waals surface area contributed by atoms with E-state index in [2.05, 4.69) is 10.2 Å². The maximum absolute atomic E-state index is 12.3. The van der Waals surface area contributed by atoms with Crippen LogP contribution in [0.1, 0.15) is 12.0 Å². The van der Waals surface area contributed by atoms with Gasteiger partial charge in [-0.05, 0) is 30.2 Å². The van der Waals surface area contributed by atoms with Crippen LogP contribution < -0.4 is 5.32 Å². The van der Waals surface area contributed by atoms with Gasteiger partial charge in [-0.2, -0.15) is 0 Å². The van der Waals surface area contributed by atoms with Gasteiger partial charge in [-0.3, -0.25) is 14.5 Å². The lowest BCUT2D eigenvalue weighted by atomic mass is 10.2. The molecule has 148 valence electrons. The summed E-state index contributed by atoms with van der Waals surface area (Å²) in [5.74, 6) is -0.0462. The zero-order valence-corrected chi connectivity index (χ0v) is 16.9. The Morgan fingerprint density at radius 3 is 2.59 bits per heavy atom. The van der Waals surface area contributed by atoms with E-state index in [-0.39, 0.29) is 11.8 Å². The van der Waals surface area contributed by atoms with Crippen LogP contribution >= 0.6 is 23.2 Å². The predicted molar refractivity (Wildman–Crippen MR) is 108 cm³/mol. The zero-order valence-electron chi connectivity index (χ0n) is 15.4. The van der Waals surface area contributed by atoms with Crippen LogP contribution in [-0.4, -0.2) is 74.6 Å². The molecule has 0 unspecified atom stereocenters. The van der Waals surface area contributed by atoms with Crippen molar-refractivity contribution in [3.63, 3.8) is 0 Å². The Bertz CT molecular complexity index is 674. The summed E-state index contributed by atoms with van der Waals surface area (Å²) in [7, 11) is 1.64. The second kappa shape index (κ2) is 11.3. The Hall–Kier alpha value is -1.60. The third-order valence-electron chi connectivity index (χ3n) is 4.26. The van der Waals surface area contributed by atoms with E-state index < -0.39 is 0 Å².